The van der Waals surface area contributed by atoms with E-state index in [4.69, 9.17) is 4.74 Å². The zero-order chi connectivity index (χ0) is 10.7. The maximum Gasteiger partial charge on any atom is 0.256 e. The Balaban J connectivity index is 1.91. The predicted octanol–water partition coefficient (Wildman–Crippen LogP) is 0.378. The van der Waals surface area contributed by atoms with Crippen LogP contribution in [0.25, 0.3) is 0 Å². The first-order valence-corrected chi connectivity index (χ1v) is 5.69. The van der Waals surface area contributed by atoms with Gasteiger partial charge in [0.05, 0.1) is 12.3 Å². The van der Waals surface area contributed by atoms with Crippen molar-refractivity contribution in [3.05, 3.63) is 11.1 Å². The first-order chi connectivity index (χ1) is 7.25. The van der Waals surface area contributed by atoms with Gasteiger partial charge >= 0.3 is 0 Å². The van der Waals surface area contributed by atoms with Crippen molar-refractivity contribution in [3.8, 4) is 0 Å². The molecule has 1 aliphatic rings. The van der Waals surface area contributed by atoms with Gasteiger partial charge in [0.1, 0.15) is 6.10 Å². The van der Waals surface area contributed by atoms with Gasteiger partial charge in [-0.3, -0.25) is 10.1 Å². The lowest BCUT2D eigenvalue weighted by molar-refractivity contribution is -0.128. The fraction of sp³-hybridized carbons (Fsp3) is 0.556. The van der Waals surface area contributed by atoms with Crippen molar-refractivity contribution in [1.29, 1.82) is 0 Å². The van der Waals surface area contributed by atoms with Crippen LogP contribution in [0.1, 0.15) is 5.69 Å². The molecule has 0 unspecified atom stereocenters. The summed E-state index contributed by atoms with van der Waals surface area (Å²) in [5.74, 6) is -0.128. The fourth-order valence-corrected chi connectivity index (χ4v) is 2.02. The molecule has 1 aromatic heterocycles. The molecule has 1 saturated heterocycles. The van der Waals surface area contributed by atoms with Gasteiger partial charge in [-0.05, 0) is 6.92 Å². The van der Waals surface area contributed by atoms with Crippen molar-refractivity contribution in [1.82, 2.24) is 10.3 Å². The van der Waals surface area contributed by atoms with Crippen molar-refractivity contribution in [2.24, 2.45) is 0 Å². The van der Waals surface area contributed by atoms with E-state index in [1.165, 1.54) is 11.3 Å². The minimum Gasteiger partial charge on any atom is -0.366 e. The Labute approximate surface area is 91.9 Å². The smallest absolute Gasteiger partial charge is 0.256 e. The Kier molecular flexibility index (Phi) is 3.30. The maximum absolute atomic E-state index is 11.7. The average molecular weight is 227 g/mol. The third kappa shape index (κ3) is 2.74. The number of aromatic nitrogens is 1. The number of rotatable bonds is 2. The highest BCUT2D eigenvalue weighted by Gasteiger charge is 2.22. The summed E-state index contributed by atoms with van der Waals surface area (Å²) in [5.41, 5.74) is 0.915. The van der Waals surface area contributed by atoms with Crippen LogP contribution in [0, 0.1) is 6.92 Å². The minimum absolute atomic E-state index is 0.128. The quantitative estimate of drug-likeness (QED) is 0.766. The first-order valence-electron chi connectivity index (χ1n) is 4.81. The molecule has 1 aliphatic heterocycles. The summed E-state index contributed by atoms with van der Waals surface area (Å²) < 4.78 is 5.32. The summed E-state index contributed by atoms with van der Waals surface area (Å²) >= 11 is 1.42. The van der Waals surface area contributed by atoms with Gasteiger partial charge in [0.15, 0.2) is 5.13 Å². The maximum atomic E-state index is 11.7. The Morgan fingerprint density at radius 3 is 3.27 bits per heavy atom. The molecule has 0 saturated carbocycles. The molecule has 1 aromatic rings. The van der Waals surface area contributed by atoms with Crippen LogP contribution in [0.15, 0.2) is 5.38 Å². The van der Waals surface area contributed by atoms with Gasteiger partial charge in [0, 0.05) is 18.5 Å². The number of carbonyl (C=O) groups is 1. The lowest BCUT2D eigenvalue weighted by Crippen LogP contribution is -2.45. The molecule has 2 heterocycles. The number of morpholine rings is 1. The Bertz CT molecular complexity index is 347. The molecule has 15 heavy (non-hydrogen) atoms. The van der Waals surface area contributed by atoms with Crippen molar-refractivity contribution >= 4 is 22.4 Å². The van der Waals surface area contributed by atoms with Gasteiger partial charge in [0.25, 0.3) is 5.91 Å². The molecule has 0 radical (unpaired) electrons. The summed E-state index contributed by atoms with van der Waals surface area (Å²) in [4.78, 5) is 15.8. The fourth-order valence-electron chi connectivity index (χ4n) is 1.33. The van der Waals surface area contributed by atoms with Gasteiger partial charge < -0.3 is 10.1 Å². The highest BCUT2D eigenvalue weighted by molar-refractivity contribution is 7.13. The summed E-state index contributed by atoms with van der Waals surface area (Å²) in [6, 6.07) is 0. The van der Waals surface area contributed by atoms with Crippen LogP contribution in [0.4, 0.5) is 5.13 Å². The molecule has 1 amide bonds. The molecule has 2 N–H and O–H groups in total. The van der Waals surface area contributed by atoms with Crippen LogP contribution in [0.2, 0.25) is 0 Å². The third-order valence-corrected chi connectivity index (χ3v) is 2.94. The highest BCUT2D eigenvalue weighted by atomic mass is 32.1. The van der Waals surface area contributed by atoms with Crippen molar-refractivity contribution in [3.63, 3.8) is 0 Å². The molecule has 82 valence electrons. The van der Waals surface area contributed by atoms with Gasteiger partial charge in [0.2, 0.25) is 0 Å². The lowest BCUT2D eigenvalue weighted by atomic mass is 10.3. The molecule has 5 nitrogen and oxygen atoms in total. The van der Waals surface area contributed by atoms with Crippen molar-refractivity contribution < 1.29 is 9.53 Å². The van der Waals surface area contributed by atoms with Crippen LogP contribution in [-0.4, -0.2) is 36.7 Å². The van der Waals surface area contributed by atoms with Gasteiger partial charge in [-0.2, -0.15) is 0 Å². The number of ether oxygens (including phenoxy) is 1. The third-order valence-electron chi connectivity index (χ3n) is 2.07. The highest BCUT2D eigenvalue weighted by Crippen LogP contribution is 2.14. The van der Waals surface area contributed by atoms with E-state index in [0.717, 1.165) is 12.2 Å². The van der Waals surface area contributed by atoms with E-state index in [0.29, 0.717) is 18.3 Å². The Hall–Kier alpha value is -0.980. The van der Waals surface area contributed by atoms with E-state index in [2.05, 4.69) is 15.6 Å². The normalized spacial score (nSPS) is 21.3. The summed E-state index contributed by atoms with van der Waals surface area (Å²) in [6.45, 7) is 3.84. The SMILES string of the molecule is Cc1csc(NC(=O)[C@H]2CNCCO2)n1. The predicted molar refractivity (Wildman–Crippen MR) is 58.1 cm³/mol. The number of thiazole rings is 1. The minimum atomic E-state index is -0.400. The van der Waals surface area contributed by atoms with Crippen LogP contribution in [0.3, 0.4) is 0 Å². The first kappa shape index (κ1) is 10.5. The van der Waals surface area contributed by atoms with E-state index in [-0.39, 0.29) is 5.91 Å². The zero-order valence-electron chi connectivity index (χ0n) is 8.45. The number of hydrogen-bond acceptors (Lipinski definition) is 5. The Morgan fingerprint density at radius 2 is 2.67 bits per heavy atom. The number of nitrogens with one attached hydrogen (secondary N) is 2. The number of hydrogen-bond donors (Lipinski definition) is 2. The Morgan fingerprint density at radius 1 is 1.80 bits per heavy atom. The van der Waals surface area contributed by atoms with Crippen LogP contribution < -0.4 is 10.6 Å². The van der Waals surface area contributed by atoms with E-state index in [1.807, 2.05) is 12.3 Å². The van der Waals surface area contributed by atoms with E-state index in [1.54, 1.807) is 0 Å². The molecular weight excluding hydrogens is 214 g/mol. The van der Waals surface area contributed by atoms with Crippen LogP contribution in [-0.2, 0) is 9.53 Å². The molecule has 0 aliphatic carbocycles. The second kappa shape index (κ2) is 4.69. The molecule has 0 bridgehead atoms. The van der Waals surface area contributed by atoms with Gasteiger partial charge in [-0.15, -0.1) is 11.3 Å². The zero-order valence-corrected chi connectivity index (χ0v) is 9.26. The van der Waals surface area contributed by atoms with Crippen LogP contribution in [0.5, 0.6) is 0 Å². The topological polar surface area (TPSA) is 63.2 Å². The molecule has 1 atom stereocenters. The summed E-state index contributed by atoms with van der Waals surface area (Å²) in [7, 11) is 0. The van der Waals surface area contributed by atoms with E-state index < -0.39 is 6.10 Å². The molecule has 0 spiro atoms. The second-order valence-corrected chi connectivity index (χ2v) is 4.20. The van der Waals surface area contributed by atoms with E-state index >= 15 is 0 Å². The molecular formula is C9H13N3O2S. The summed E-state index contributed by atoms with van der Waals surface area (Å²) in [5, 5.41) is 8.37. The number of amides is 1. The number of carbonyl (C=O) groups excluding carboxylic acids is 1. The molecule has 6 heteroatoms. The largest absolute Gasteiger partial charge is 0.366 e. The number of aryl methyl sites for hydroxylation is 1. The molecule has 2 rings (SSSR count). The second-order valence-electron chi connectivity index (χ2n) is 3.35. The average Bonchev–Trinajstić information content (AvgIpc) is 2.65. The summed E-state index contributed by atoms with van der Waals surface area (Å²) in [6.07, 6.45) is -0.400. The van der Waals surface area contributed by atoms with Crippen molar-refractivity contribution in [2.45, 2.75) is 13.0 Å². The van der Waals surface area contributed by atoms with Crippen LogP contribution >= 0.6 is 11.3 Å². The number of nitrogens with zero attached hydrogens (tertiary/aromatic N) is 1. The molecule has 1 fully saturated rings. The molecule has 0 aromatic carbocycles. The standard InChI is InChI=1S/C9H13N3O2S/c1-6-5-15-9(11-6)12-8(13)7-4-10-2-3-14-7/h5,7,10H,2-4H2,1H3,(H,11,12,13)/t7-/m1/s1. The van der Waals surface area contributed by atoms with Crippen molar-refractivity contribution in [2.75, 3.05) is 25.0 Å². The van der Waals surface area contributed by atoms with Gasteiger partial charge in [-0.25, -0.2) is 4.98 Å². The number of anilines is 1. The van der Waals surface area contributed by atoms with Gasteiger partial charge in [-0.1, -0.05) is 0 Å². The lowest BCUT2D eigenvalue weighted by Gasteiger charge is -2.22. The monoisotopic (exact) mass is 227 g/mol. The van der Waals surface area contributed by atoms with E-state index in [9.17, 15) is 4.79 Å².